The molecule has 0 bridgehead atoms. The molecule has 4 aromatic rings. The summed E-state index contributed by atoms with van der Waals surface area (Å²) in [7, 11) is 7.69. The van der Waals surface area contributed by atoms with Crippen molar-refractivity contribution < 1.29 is 9.31 Å². The average Bonchev–Trinajstić information content (AvgIpc) is 3.23. The number of anilines is 2. The van der Waals surface area contributed by atoms with Gasteiger partial charge in [0.1, 0.15) is 0 Å². The lowest BCUT2D eigenvalue weighted by Crippen LogP contribution is -2.41. The highest BCUT2D eigenvalue weighted by Crippen LogP contribution is 2.36. The van der Waals surface area contributed by atoms with Crippen LogP contribution in [0.4, 0.5) is 34.1 Å². The monoisotopic (exact) mass is 654 g/mol. The van der Waals surface area contributed by atoms with E-state index in [9.17, 15) is 0 Å². The summed E-state index contributed by atoms with van der Waals surface area (Å²) >= 11 is 3.39. The normalized spacial score (nSPS) is 15.3. The van der Waals surface area contributed by atoms with Crippen molar-refractivity contribution >= 4 is 62.6 Å². The van der Waals surface area contributed by atoms with E-state index in [1.807, 2.05) is 125 Å². The zero-order chi connectivity index (χ0) is 31.9. The van der Waals surface area contributed by atoms with E-state index in [1.165, 1.54) is 0 Å². The van der Waals surface area contributed by atoms with Crippen LogP contribution in [-0.2, 0) is 9.31 Å². The Bertz CT molecular complexity index is 1540. The summed E-state index contributed by atoms with van der Waals surface area (Å²) in [6, 6.07) is 31.5. The highest BCUT2D eigenvalue weighted by molar-refractivity contribution is 9.10. The summed E-state index contributed by atoms with van der Waals surface area (Å²) in [5, 5.41) is 17.0. The maximum Gasteiger partial charge on any atom is 0.494 e. The first kappa shape index (κ1) is 33.0. The lowest BCUT2D eigenvalue weighted by molar-refractivity contribution is 0.00578. The van der Waals surface area contributed by atoms with Crippen molar-refractivity contribution in [2.45, 2.75) is 38.9 Å². The molecule has 5 rings (SSSR count). The Morgan fingerprint density at radius 3 is 1.11 bits per heavy atom. The Kier molecular flexibility index (Phi) is 10.7. The lowest BCUT2D eigenvalue weighted by Gasteiger charge is -2.32. The number of rotatable bonds is 7. The molecule has 0 aliphatic carbocycles. The first-order chi connectivity index (χ1) is 20.8. The third-order valence-electron chi connectivity index (χ3n) is 7.54. The zero-order valence-corrected chi connectivity index (χ0v) is 28.3. The zero-order valence-electron chi connectivity index (χ0n) is 26.7. The van der Waals surface area contributed by atoms with E-state index in [4.69, 9.17) is 9.31 Å². The van der Waals surface area contributed by atoms with Crippen LogP contribution in [0.15, 0.2) is 122 Å². The third kappa shape index (κ3) is 8.84. The summed E-state index contributed by atoms with van der Waals surface area (Å²) in [4.78, 5) is 4.10. The summed E-state index contributed by atoms with van der Waals surface area (Å²) in [6.07, 6.45) is 0. The van der Waals surface area contributed by atoms with Gasteiger partial charge < -0.3 is 19.1 Å². The lowest BCUT2D eigenvalue weighted by atomic mass is 9.79. The minimum atomic E-state index is -0.357. The molecule has 4 aromatic carbocycles. The standard InChI is InChI=1S/C20H26BN3O2.C14H14BrN3/c1-19(2)20(3,4)26-21(25-19)15-7-9-16(10-8-15)22-23-17-11-13-18(14-12-17)24(5)6;1-18(2)14-9-7-13(8-10-14)17-16-12-5-3-11(15)4-6-12/h7-14H,1-6H3;3-10H,1-2H3. The number of azo groups is 2. The van der Waals surface area contributed by atoms with Crippen molar-refractivity contribution in [1.29, 1.82) is 0 Å². The van der Waals surface area contributed by atoms with Gasteiger partial charge in [-0.05, 0) is 118 Å². The summed E-state index contributed by atoms with van der Waals surface area (Å²) < 4.78 is 13.2. The number of hydrogen-bond acceptors (Lipinski definition) is 8. The van der Waals surface area contributed by atoms with Crippen LogP contribution >= 0.6 is 15.9 Å². The first-order valence-corrected chi connectivity index (χ1v) is 15.2. The number of halogens is 1. The first-order valence-electron chi connectivity index (χ1n) is 14.4. The van der Waals surface area contributed by atoms with Crippen molar-refractivity contribution in [1.82, 2.24) is 0 Å². The van der Waals surface area contributed by atoms with Crippen molar-refractivity contribution in [3.8, 4) is 0 Å². The predicted molar refractivity (Wildman–Crippen MR) is 186 cm³/mol. The molecule has 0 radical (unpaired) electrons. The van der Waals surface area contributed by atoms with Crippen LogP contribution in [0.2, 0.25) is 0 Å². The van der Waals surface area contributed by atoms with Gasteiger partial charge in [-0.25, -0.2) is 0 Å². The van der Waals surface area contributed by atoms with Gasteiger partial charge in [-0.2, -0.15) is 20.5 Å². The van der Waals surface area contributed by atoms with E-state index in [0.29, 0.717) is 0 Å². The van der Waals surface area contributed by atoms with Crippen molar-refractivity contribution in [2.24, 2.45) is 20.5 Å². The third-order valence-corrected chi connectivity index (χ3v) is 8.07. The largest absolute Gasteiger partial charge is 0.494 e. The molecule has 10 heteroatoms. The maximum atomic E-state index is 6.07. The Hall–Kier alpha value is -3.86. The molecule has 0 aromatic heterocycles. The van der Waals surface area contributed by atoms with Gasteiger partial charge in [0.15, 0.2) is 0 Å². The Morgan fingerprint density at radius 2 is 0.795 bits per heavy atom. The molecule has 1 aliphatic heterocycles. The topological polar surface area (TPSA) is 74.4 Å². The molecule has 0 N–H and O–H groups in total. The molecule has 1 heterocycles. The van der Waals surface area contributed by atoms with Crippen LogP contribution in [0.5, 0.6) is 0 Å². The maximum absolute atomic E-state index is 6.07. The van der Waals surface area contributed by atoms with Crippen LogP contribution in [0, 0.1) is 0 Å². The van der Waals surface area contributed by atoms with Crippen LogP contribution in [0.25, 0.3) is 0 Å². The molecule has 0 spiro atoms. The van der Waals surface area contributed by atoms with Gasteiger partial charge >= 0.3 is 7.12 Å². The smallest absolute Gasteiger partial charge is 0.399 e. The number of nitrogens with zero attached hydrogens (tertiary/aromatic N) is 6. The second-order valence-electron chi connectivity index (χ2n) is 11.9. The fraction of sp³-hybridized carbons (Fsp3) is 0.294. The van der Waals surface area contributed by atoms with E-state index in [1.54, 1.807) is 0 Å². The Morgan fingerprint density at radius 1 is 0.500 bits per heavy atom. The summed E-state index contributed by atoms with van der Waals surface area (Å²) in [5.41, 5.74) is 5.90. The molecule has 228 valence electrons. The molecule has 0 amide bonds. The van der Waals surface area contributed by atoms with E-state index >= 15 is 0 Å². The molecule has 1 saturated heterocycles. The van der Waals surface area contributed by atoms with Gasteiger partial charge in [-0.15, -0.1) is 0 Å². The van der Waals surface area contributed by atoms with Crippen LogP contribution in [0.3, 0.4) is 0 Å². The van der Waals surface area contributed by atoms with Gasteiger partial charge in [0.05, 0.1) is 34.0 Å². The average molecular weight is 655 g/mol. The molecular weight excluding hydrogens is 615 g/mol. The number of hydrogen-bond donors (Lipinski definition) is 0. The molecule has 8 nitrogen and oxygen atoms in total. The van der Waals surface area contributed by atoms with E-state index < -0.39 is 0 Å². The Labute approximate surface area is 270 Å². The fourth-order valence-corrected chi connectivity index (χ4v) is 4.32. The minimum Gasteiger partial charge on any atom is -0.399 e. The molecule has 44 heavy (non-hydrogen) atoms. The van der Waals surface area contributed by atoms with Gasteiger partial charge in [0, 0.05) is 44.0 Å². The van der Waals surface area contributed by atoms with Gasteiger partial charge in [0.2, 0.25) is 0 Å². The Balaban J connectivity index is 0.000000215. The summed E-state index contributed by atoms with van der Waals surface area (Å²) in [5.74, 6) is 0. The van der Waals surface area contributed by atoms with Crippen LogP contribution < -0.4 is 15.3 Å². The predicted octanol–water partition coefficient (Wildman–Crippen LogP) is 9.40. The van der Waals surface area contributed by atoms with Gasteiger partial charge in [0.25, 0.3) is 0 Å². The fourth-order valence-electron chi connectivity index (χ4n) is 4.05. The van der Waals surface area contributed by atoms with E-state index in [2.05, 4.69) is 73.9 Å². The molecule has 0 unspecified atom stereocenters. The van der Waals surface area contributed by atoms with Crippen LogP contribution in [-0.4, -0.2) is 46.5 Å². The van der Waals surface area contributed by atoms with Crippen molar-refractivity contribution in [3.05, 3.63) is 102 Å². The van der Waals surface area contributed by atoms with Crippen molar-refractivity contribution in [3.63, 3.8) is 0 Å². The molecule has 0 saturated carbocycles. The van der Waals surface area contributed by atoms with E-state index in [-0.39, 0.29) is 18.3 Å². The van der Waals surface area contributed by atoms with E-state index in [0.717, 1.165) is 44.1 Å². The minimum absolute atomic E-state index is 0.339. The second-order valence-corrected chi connectivity index (χ2v) is 12.8. The number of benzene rings is 4. The second kappa shape index (κ2) is 14.3. The molecule has 0 atom stereocenters. The molecule has 1 fully saturated rings. The molecular formula is C34H40BBrN6O2. The quantitative estimate of drug-likeness (QED) is 0.147. The van der Waals surface area contributed by atoms with Gasteiger partial charge in [-0.3, -0.25) is 0 Å². The summed E-state index contributed by atoms with van der Waals surface area (Å²) in [6.45, 7) is 8.21. The highest BCUT2D eigenvalue weighted by Gasteiger charge is 2.51. The van der Waals surface area contributed by atoms with Gasteiger partial charge in [-0.1, -0.05) is 28.1 Å². The molecule has 1 aliphatic rings. The highest BCUT2D eigenvalue weighted by atomic mass is 79.9. The van der Waals surface area contributed by atoms with Crippen LogP contribution in [0.1, 0.15) is 27.7 Å². The van der Waals surface area contributed by atoms with Crippen molar-refractivity contribution in [2.75, 3.05) is 38.0 Å². The SMILES string of the molecule is CN(C)c1ccc(N=Nc2ccc(B3OC(C)(C)C(C)(C)O3)cc2)cc1.CN(C)c1ccc(N=Nc2ccc(Br)cc2)cc1.